The van der Waals surface area contributed by atoms with E-state index < -0.39 is 0 Å². The second-order valence-electron chi connectivity index (χ2n) is 9.40. The van der Waals surface area contributed by atoms with E-state index in [9.17, 15) is 0 Å². The summed E-state index contributed by atoms with van der Waals surface area (Å²) in [5.74, 6) is 0. The van der Waals surface area contributed by atoms with Crippen LogP contribution in [0.5, 0.6) is 0 Å². The Morgan fingerprint density at radius 1 is 0.324 bits per heavy atom. The van der Waals surface area contributed by atoms with Crippen molar-refractivity contribution in [2.24, 2.45) is 0 Å². The summed E-state index contributed by atoms with van der Waals surface area (Å²) in [6.45, 7) is 0. The molecule has 0 aliphatic heterocycles. The molecule has 7 aromatic rings. The zero-order valence-corrected chi connectivity index (χ0v) is 20.4. The average Bonchev–Trinajstić information content (AvgIpc) is 2.98. The predicted octanol–water partition coefficient (Wildman–Crippen LogP) is 10.3. The highest BCUT2D eigenvalue weighted by Crippen LogP contribution is 2.40. The molecule has 37 heavy (non-hydrogen) atoms. The minimum absolute atomic E-state index is 1.14. The molecule has 0 heterocycles. The molecule has 0 fully saturated rings. The zero-order valence-electron chi connectivity index (χ0n) is 20.4. The van der Waals surface area contributed by atoms with Crippen molar-refractivity contribution in [1.29, 1.82) is 0 Å². The van der Waals surface area contributed by atoms with Crippen LogP contribution in [0.25, 0.3) is 43.4 Å². The topological polar surface area (TPSA) is 3.24 Å². The van der Waals surface area contributed by atoms with Crippen LogP contribution in [0.2, 0.25) is 0 Å². The fourth-order valence-electron chi connectivity index (χ4n) is 5.49. The number of para-hydroxylation sites is 2. The van der Waals surface area contributed by atoms with Gasteiger partial charge >= 0.3 is 0 Å². The first-order valence-electron chi connectivity index (χ1n) is 12.7. The van der Waals surface area contributed by atoms with Crippen molar-refractivity contribution in [2.75, 3.05) is 4.90 Å². The van der Waals surface area contributed by atoms with E-state index in [1.54, 1.807) is 0 Å². The van der Waals surface area contributed by atoms with E-state index in [0.29, 0.717) is 0 Å². The minimum atomic E-state index is 1.14. The molecule has 7 rings (SSSR count). The van der Waals surface area contributed by atoms with Gasteiger partial charge in [-0.15, -0.1) is 0 Å². The molecule has 174 valence electrons. The Labute approximate surface area is 216 Å². The van der Waals surface area contributed by atoms with Crippen LogP contribution in [0.1, 0.15) is 0 Å². The number of nitrogens with zero attached hydrogens (tertiary/aromatic N) is 1. The molecule has 0 unspecified atom stereocenters. The summed E-state index contributed by atoms with van der Waals surface area (Å²) in [7, 11) is 0. The molecule has 0 N–H and O–H groups in total. The Kier molecular flexibility index (Phi) is 5.19. The van der Waals surface area contributed by atoms with Gasteiger partial charge in [0.2, 0.25) is 0 Å². The molecule has 0 saturated carbocycles. The van der Waals surface area contributed by atoms with E-state index in [1.165, 1.54) is 43.4 Å². The third-order valence-electron chi connectivity index (χ3n) is 7.23. The van der Waals surface area contributed by atoms with Gasteiger partial charge in [0, 0.05) is 17.1 Å². The number of hydrogen-bond donors (Lipinski definition) is 0. The lowest BCUT2D eigenvalue weighted by Crippen LogP contribution is -2.09. The predicted molar refractivity (Wildman–Crippen MR) is 159 cm³/mol. The average molecular weight is 472 g/mol. The highest BCUT2D eigenvalue weighted by Gasteiger charge is 2.14. The van der Waals surface area contributed by atoms with Gasteiger partial charge in [0.1, 0.15) is 0 Å². The van der Waals surface area contributed by atoms with E-state index in [-0.39, 0.29) is 0 Å². The SMILES string of the molecule is c1ccc(N(c2ccccc2)c2ccc(-c3cc4c5ccccc5ccc4c4ccccc34)cc2)cc1. The summed E-state index contributed by atoms with van der Waals surface area (Å²) in [6, 6.07) is 54.4. The molecule has 1 heteroatoms. The normalized spacial score (nSPS) is 11.2. The maximum absolute atomic E-state index is 2.38. The molecule has 0 aromatic heterocycles. The Hall–Kier alpha value is -4.88. The lowest BCUT2D eigenvalue weighted by molar-refractivity contribution is 1.28. The zero-order chi connectivity index (χ0) is 24.6. The highest BCUT2D eigenvalue weighted by atomic mass is 15.1. The molecular formula is C36H25N. The van der Waals surface area contributed by atoms with E-state index in [2.05, 4.69) is 157 Å². The molecule has 0 bridgehead atoms. The number of hydrogen-bond acceptors (Lipinski definition) is 1. The summed E-state index contributed by atoms with van der Waals surface area (Å²) in [5, 5.41) is 7.73. The molecule has 0 radical (unpaired) electrons. The smallest absolute Gasteiger partial charge is 0.0462 e. The van der Waals surface area contributed by atoms with Gasteiger partial charge in [0.05, 0.1) is 0 Å². The van der Waals surface area contributed by atoms with Gasteiger partial charge < -0.3 is 4.90 Å². The van der Waals surface area contributed by atoms with Crippen LogP contribution in [0.15, 0.2) is 152 Å². The van der Waals surface area contributed by atoms with Crippen LogP contribution >= 0.6 is 0 Å². The highest BCUT2D eigenvalue weighted by molar-refractivity contribution is 6.20. The van der Waals surface area contributed by atoms with E-state index in [1.807, 2.05) is 0 Å². The van der Waals surface area contributed by atoms with Crippen molar-refractivity contribution < 1.29 is 0 Å². The first-order chi connectivity index (χ1) is 18.4. The summed E-state index contributed by atoms with van der Waals surface area (Å²) >= 11 is 0. The van der Waals surface area contributed by atoms with Crippen molar-refractivity contribution in [2.45, 2.75) is 0 Å². The van der Waals surface area contributed by atoms with Crippen molar-refractivity contribution >= 4 is 49.4 Å². The minimum Gasteiger partial charge on any atom is -0.311 e. The van der Waals surface area contributed by atoms with E-state index in [4.69, 9.17) is 0 Å². The first-order valence-corrected chi connectivity index (χ1v) is 12.7. The summed E-state index contributed by atoms with van der Waals surface area (Å²) in [6.07, 6.45) is 0. The van der Waals surface area contributed by atoms with Gasteiger partial charge in [-0.2, -0.15) is 0 Å². The van der Waals surface area contributed by atoms with Crippen LogP contribution in [0.4, 0.5) is 17.1 Å². The maximum Gasteiger partial charge on any atom is 0.0462 e. The molecule has 1 nitrogen and oxygen atoms in total. The maximum atomic E-state index is 2.38. The van der Waals surface area contributed by atoms with E-state index in [0.717, 1.165) is 17.1 Å². The fourth-order valence-corrected chi connectivity index (χ4v) is 5.49. The van der Waals surface area contributed by atoms with Gasteiger partial charge in [-0.1, -0.05) is 109 Å². The monoisotopic (exact) mass is 471 g/mol. The number of anilines is 3. The van der Waals surface area contributed by atoms with Crippen molar-refractivity contribution in [3.8, 4) is 11.1 Å². The third kappa shape index (κ3) is 3.73. The van der Waals surface area contributed by atoms with Crippen LogP contribution in [0.3, 0.4) is 0 Å². The Balaban J connectivity index is 1.41. The molecule has 0 aliphatic carbocycles. The van der Waals surface area contributed by atoms with Crippen LogP contribution in [-0.4, -0.2) is 0 Å². The molecule has 0 spiro atoms. The Morgan fingerprint density at radius 3 is 1.51 bits per heavy atom. The van der Waals surface area contributed by atoms with Crippen LogP contribution in [0, 0.1) is 0 Å². The standard InChI is InChI=1S/C36H25N/c1-3-12-28(13-4-1)37(29-14-5-2-6-15-29)30-22-19-27(20-23-30)35-25-36-31-16-8-7-11-26(31)21-24-34(36)32-17-9-10-18-33(32)35/h1-25H. The van der Waals surface area contributed by atoms with Gasteiger partial charge in [0.15, 0.2) is 0 Å². The van der Waals surface area contributed by atoms with E-state index >= 15 is 0 Å². The van der Waals surface area contributed by atoms with Gasteiger partial charge in [0.25, 0.3) is 0 Å². The van der Waals surface area contributed by atoms with Gasteiger partial charge in [-0.05, 0) is 85.9 Å². The second-order valence-corrected chi connectivity index (χ2v) is 9.40. The summed E-state index contributed by atoms with van der Waals surface area (Å²) < 4.78 is 0. The van der Waals surface area contributed by atoms with Crippen molar-refractivity contribution in [3.63, 3.8) is 0 Å². The fraction of sp³-hybridized carbons (Fsp3) is 0. The van der Waals surface area contributed by atoms with Gasteiger partial charge in [-0.25, -0.2) is 0 Å². The number of fused-ring (bicyclic) bond motifs is 5. The lowest BCUT2D eigenvalue weighted by Gasteiger charge is -2.25. The molecule has 0 atom stereocenters. The van der Waals surface area contributed by atoms with Crippen molar-refractivity contribution in [1.82, 2.24) is 0 Å². The number of rotatable bonds is 4. The first kappa shape index (κ1) is 21.4. The summed E-state index contributed by atoms with van der Waals surface area (Å²) in [4.78, 5) is 2.30. The number of benzene rings is 7. The molecule has 0 aliphatic rings. The van der Waals surface area contributed by atoms with Crippen LogP contribution < -0.4 is 4.90 Å². The molecule has 7 aromatic carbocycles. The largest absolute Gasteiger partial charge is 0.311 e. The van der Waals surface area contributed by atoms with Crippen molar-refractivity contribution in [3.05, 3.63) is 152 Å². The lowest BCUT2D eigenvalue weighted by atomic mass is 9.91. The Bertz CT molecular complexity index is 1810. The van der Waals surface area contributed by atoms with Crippen LogP contribution in [-0.2, 0) is 0 Å². The molecular weight excluding hydrogens is 446 g/mol. The quantitative estimate of drug-likeness (QED) is 0.231. The molecule has 0 amide bonds. The Morgan fingerprint density at radius 2 is 0.838 bits per heavy atom. The third-order valence-corrected chi connectivity index (χ3v) is 7.23. The second kappa shape index (κ2) is 8.96. The van der Waals surface area contributed by atoms with Gasteiger partial charge in [-0.3, -0.25) is 0 Å². The molecule has 0 saturated heterocycles. The summed E-state index contributed by atoms with van der Waals surface area (Å²) in [5.41, 5.74) is 5.90.